The zero-order valence-electron chi connectivity index (χ0n) is 38.3. The summed E-state index contributed by atoms with van der Waals surface area (Å²) in [5.41, 5.74) is 7.86. The van der Waals surface area contributed by atoms with E-state index in [2.05, 4.69) is 264 Å². The number of hydrogen-bond donors (Lipinski definition) is 0. The molecule has 0 saturated carbocycles. The molecule has 0 unspecified atom stereocenters. The van der Waals surface area contributed by atoms with Crippen LogP contribution < -0.4 is 46.4 Å². The third kappa shape index (κ3) is 6.34. The Bertz CT molecular complexity index is 3740. The highest BCUT2D eigenvalue weighted by Crippen LogP contribution is 2.42. The van der Waals surface area contributed by atoms with Crippen molar-refractivity contribution in [3.8, 4) is 16.9 Å². The van der Waals surface area contributed by atoms with Crippen molar-refractivity contribution < 1.29 is 0 Å². The number of nitrogens with zero attached hydrogens (tertiary/aromatic N) is 4. The van der Waals surface area contributed by atoms with Gasteiger partial charge in [-0.15, -0.1) is 0 Å². The van der Waals surface area contributed by atoms with Crippen molar-refractivity contribution in [1.82, 2.24) is 14.5 Å². The monoisotopic (exact) mass is 926 g/mol. The second-order valence-electron chi connectivity index (χ2n) is 18.1. The van der Waals surface area contributed by atoms with Gasteiger partial charge in [0.1, 0.15) is 5.82 Å². The molecular formula is C64H46N4Si2. The lowest BCUT2D eigenvalue weighted by atomic mass is 10.1. The zero-order chi connectivity index (χ0) is 46.5. The first kappa shape index (κ1) is 41.5. The standard InChI is InChI=1S/C64H46N4Si2/c1-6-24-48(25-7-1)67-57-37-17-16-35-55(57)63-58(67)40-41-59-64(63)70(51-30-12-4-13-31-51,52-32-14-5-15-33-52)61-42-39-54(46-60(61)68(59)62-38-19-21-44-66-62)69(49-26-8-2-9-27-49,50-28-10-3-11-29-50)53-34-22-23-47(45-53)56-36-18-20-43-65-56/h1-46H. The molecule has 1 aliphatic rings. The van der Waals surface area contributed by atoms with Crippen LogP contribution in [0.3, 0.4) is 0 Å². The summed E-state index contributed by atoms with van der Waals surface area (Å²) < 4.78 is 2.46. The molecule has 4 heterocycles. The first-order valence-corrected chi connectivity index (χ1v) is 28.0. The average molecular weight is 927 g/mol. The van der Waals surface area contributed by atoms with E-state index in [9.17, 15) is 0 Å². The van der Waals surface area contributed by atoms with E-state index >= 15 is 0 Å². The number of aromatic nitrogens is 3. The molecule has 4 nitrogen and oxygen atoms in total. The van der Waals surface area contributed by atoms with Crippen molar-refractivity contribution in [1.29, 1.82) is 0 Å². The topological polar surface area (TPSA) is 34.0 Å². The van der Waals surface area contributed by atoms with Gasteiger partial charge in [0.25, 0.3) is 0 Å². The van der Waals surface area contributed by atoms with Gasteiger partial charge in [0.05, 0.1) is 16.7 Å². The highest BCUT2D eigenvalue weighted by Gasteiger charge is 2.52. The summed E-state index contributed by atoms with van der Waals surface area (Å²) in [6.07, 6.45) is 3.82. The summed E-state index contributed by atoms with van der Waals surface area (Å²) in [6.45, 7) is 0. The van der Waals surface area contributed by atoms with Gasteiger partial charge in [0, 0.05) is 45.8 Å². The molecule has 0 saturated heterocycles. The van der Waals surface area contributed by atoms with E-state index in [0.717, 1.165) is 34.1 Å². The van der Waals surface area contributed by atoms with E-state index in [-0.39, 0.29) is 0 Å². The second-order valence-corrected chi connectivity index (χ2v) is 25.6. The van der Waals surface area contributed by atoms with Crippen molar-refractivity contribution in [2.24, 2.45) is 0 Å². The Morgan fingerprint density at radius 3 is 1.60 bits per heavy atom. The third-order valence-corrected chi connectivity index (χ3v) is 24.1. The third-order valence-electron chi connectivity index (χ3n) is 14.5. The number of para-hydroxylation sites is 2. The van der Waals surface area contributed by atoms with Crippen LogP contribution in [0.25, 0.3) is 38.8 Å². The predicted octanol–water partition coefficient (Wildman–Crippen LogP) is 9.78. The minimum Gasteiger partial charge on any atom is -0.309 e. The number of anilines is 3. The maximum absolute atomic E-state index is 5.24. The Hall–Kier alpha value is -8.69. The van der Waals surface area contributed by atoms with Crippen LogP contribution >= 0.6 is 0 Å². The van der Waals surface area contributed by atoms with E-state index in [4.69, 9.17) is 9.97 Å². The van der Waals surface area contributed by atoms with Gasteiger partial charge < -0.3 is 4.57 Å². The minimum absolute atomic E-state index is 0.876. The van der Waals surface area contributed by atoms with Crippen molar-refractivity contribution in [2.75, 3.05) is 4.90 Å². The lowest BCUT2D eigenvalue weighted by Gasteiger charge is -2.46. The van der Waals surface area contributed by atoms with Crippen molar-refractivity contribution >= 4 is 96.6 Å². The van der Waals surface area contributed by atoms with Gasteiger partial charge in [0.2, 0.25) is 0 Å². The maximum atomic E-state index is 5.24. The van der Waals surface area contributed by atoms with Gasteiger partial charge in [-0.2, -0.15) is 0 Å². The van der Waals surface area contributed by atoms with Crippen molar-refractivity contribution in [3.05, 3.63) is 279 Å². The van der Waals surface area contributed by atoms with Gasteiger partial charge in [-0.3, -0.25) is 9.88 Å². The maximum Gasteiger partial charge on any atom is 0.184 e. The van der Waals surface area contributed by atoms with Gasteiger partial charge in [0.15, 0.2) is 16.1 Å². The first-order valence-electron chi connectivity index (χ1n) is 24.0. The Labute approximate surface area is 410 Å². The summed E-state index contributed by atoms with van der Waals surface area (Å²) in [5, 5.41) is 13.0. The van der Waals surface area contributed by atoms with E-state index in [1.54, 1.807) is 0 Å². The first-order chi connectivity index (χ1) is 34.8. The largest absolute Gasteiger partial charge is 0.309 e. The average Bonchev–Trinajstić information content (AvgIpc) is 3.79. The molecule has 0 radical (unpaired) electrons. The molecule has 0 N–H and O–H groups in total. The molecule has 13 rings (SSSR count). The molecule has 0 aliphatic carbocycles. The molecule has 0 bridgehead atoms. The summed E-state index contributed by atoms with van der Waals surface area (Å²) in [4.78, 5) is 12.6. The smallest absolute Gasteiger partial charge is 0.184 e. The SMILES string of the molecule is c1ccc(-n2c3ccccc3c3c4c(ccc32)N(c2ccccn2)c2cc([Si](c3ccccc3)(c3ccccc3)c3cccc(-c5ccccn5)c3)ccc2[Si]4(c2ccccc2)c2ccccc2)cc1. The molecule has 330 valence electrons. The molecule has 1 aliphatic heterocycles. The second kappa shape index (κ2) is 17.1. The molecule has 70 heavy (non-hydrogen) atoms. The Morgan fingerprint density at radius 1 is 0.386 bits per heavy atom. The Kier molecular flexibility index (Phi) is 10.2. The van der Waals surface area contributed by atoms with E-state index in [1.807, 2.05) is 24.5 Å². The van der Waals surface area contributed by atoms with Crippen LogP contribution in [0.15, 0.2) is 279 Å². The van der Waals surface area contributed by atoms with Crippen molar-refractivity contribution in [3.63, 3.8) is 0 Å². The minimum atomic E-state index is -3.27. The summed E-state index contributed by atoms with van der Waals surface area (Å²) in [7, 11) is -6.40. The fraction of sp³-hybridized carbons (Fsp3) is 0. The Morgan fingerprint density at radius 2 is 0.957 bits per heavy atom. The van der Waals surface area contributed by atoms with Crippen LogP contribution in [0.5, 0.6) is 0 Å². The number of benzene rings is 9. The number of fused-ring (bicyclic) bond motifs is 6. The Balaban J connectivity index is 1.21. The molecule has 9 aromatic carbocycles. The van der Waals surface area contributed by atoms with Crippen molar-refractivity contribution in [2.45, 2.75) is 0 Å². The number of rotatable bonds is 9. The molecule has 0 fully saturated rings. The van der Waals surface area contributed by atoms with Gasteiger partial charge in [-0.1, -0.05) is 206 Å². The van der Waals surface area contributed by atoms with Crippen LogP contribution in [-0.2, 0) is 0 Å². The number of hydrogen-bond acceptors (Lipinski definition) is 3. The molecule has 0 spiro atoms. The van der Waals surface area contributed by atoms with Crippen LogP contribution in [0.4, 0.5) is 17.2 Å². The summed E-state index contributed by atoms with van der Waals surface area (Å²) >= 11 is 0. The predicted molar refractivity (Wildman–Crippen MR) is 297 cm³/mol. The quantitative estimate of drug-likeness (QED) is 0.107. The molecule has 0 amide bonds. The highest BCUT2D eigenvalue weighted by atomic mass is 28.3. The zero-order valence-corrected chi connectivity index (χ0v) is 40.3. The van der Waals surface area contributed by atoms with Gasteiger partial charge >= 0.3 is 0 Å². The van der Waals surface area contributed by atoms with Crippen LogP contribution in [0.1, 0.15) is 0 Å². The molecule has 6 heteroatoms. The van der Waals surface area contributed by atoms with E-state index in [0.29, 0.717) is 0 Å². The van der Waals surface area contributed by atoms with Crippen LogP contribution in [-0.4, -0.2) is 30.7 Å². The fourth-order valence-corrected chi connectivity index (χ4v) is 21.8. The molecular weight excluding hydrogens is 881 g/mol. The normalized spacial score (nSPS) is 12.9. The van der Waals surface area contributed by atoms with Gasteiger partial charge in [-0.25, -0.2) is 4.98 Å². The summed E-state index contributed by atoms with van der Waals surface area (Å²) in [6, 6.07) is 99.1. The van der Waals surface area contributed by atoms with Gasteiger partial charge in [-0.05, 0) is 102 Å². The van der Waals surface area contributed by atoms with Crippen LogP contribution in [0, 0.1) is 0 Å². The molecule has 12 aromatic rings. The van der Waals surface area contributed by atoms with E-state index < -0.39 is 16.1 Å². The van der Waals surface area contributed by atoms with Crippen LogP contribution in [0.2, 0.25) is 0 Å². The lowest BCUT2D eigenvalue weighted by molar-refractivity contribution is 1.17. The van der Waals surface area contributed by atoms with E-state index in [1.165, 1.54) is 63.3 Å². The highest BCUT2D eigenvalue weighted by molar-refractivity contribution is 7.23. The summed E-state index contributed by atoms with van der Waals surface area (Å²) in [5.74, 6) is 0.876. The fourth-order valence-electron chi connectivity index (χ4n) is 11.7. The molecule has 0 atom stereocenters. The number of pyridine rings is 2. The lowest BCUT2D eigenvalue weighted by Crippen LogP contribution is -2.78. The molecule has 3 aromatic heterocycles.